The van der Waals surface area contributed by atoms with Gasteiger partial charge in [0.2, 0.25) is 0 Å². The molecule has 0 spiro atoms. The number of hydrogen-bond donors (Lipinski definition) is 1. The van der Waals surface area contributed by atoms with Crippen molar-refractivity contribution in [3.63, 3.8) is 0 Å². The predicted molar refractivity (Wildman–Crippen MR) is 51.7 cm³/mol. The van der Waals surface area contributed by atoms with Crippen LogP contribution in [0, 0.1) is 0 Å². The van der Waals surface area contributed by atoms with Gasteiger partial charge in [-0.05, 0) is 24.6 Å². The average molecular weight is 186 g/mol. The zero-order chi connectivity index (χ0) is 8.27. The highest BCUT2D eigenvalue weighted by atomic mass is 32.2. The standard InChI is InChI=1S/C8H10OS2/c1-10-7-5-3-4-6(9)8(7)11-2/h3-5,9H,1-2H3. The third kappa shape index (κ3) is 1.84. The number of aromatic hydroxyl groups is 1. The normalized spacial score (nSPS) is 10.0. The number of hydrogen-bond acceptors (Lipinski definition) is 3. The molecule has 0 fully saturated rings. The molecule has 1 rings (SSSR count). The van der Waals surface area contributed by atoms with Crippen molar-refractivity contribution in [2.45, 2.75) is 9.79 Å². The monoisotopic (exact) mass is 186 g/mol. The summed E-state index contributed by atoms with van der Waals surface area (Å²) in [6.07, 6.45) is 3.98. The molecular weight excluding hydrogens is 176 g/mol. The second-order valence-corrected chi connectivity index (χ2v) is 3.68. The molecule has 1 nitrogen and oxygen atoms in total. The zero-order valence-corrected chi connectivity index (χ0v) is 8.13. The van der Waals surface area contributed by atoms with E-state index in [2.05, 4.69) is 0 Å². The Morgan fingerprint density at radius 1 is 1.18 bits per heavy atom. The zero-order valence-electron chi connectivity index (χ0n) is 6.50. The van der Waals surface area contributed by atoms with Crippen molar-refractivity contribution in [2.24, 2.45) is 0 Å². The van der Waals surface area contributed by atoms with E-state index in [9.17, 15) is 5.11 Å². The molecule has 1 aromatic rings. The topological polar surface area (TPSA) is 20.2 Å². The summed E-state index contributed by atoms with van der Waals surface area (Å²) in [7, 11) is 0. The van der Waals surface area contributed by atoms with Crippen molar-refractivity contribution >= 4 is 23.5 Å². The molecule has 0 amide bonds. The summed E-state index contributed by atoms with van der Waals surface area (Å²) in [4.78, 5) is 2.11. The maximum absolute atomic E-state index is 9.39. The number of thioether (sulfide) groups is 2. The molecule has 0 bridgehead atoms. The smallest absolute Gasteiger partial charge is 0.130 e. The van der Waals surface area contributed by atoms with Gasteiger partial charge in [-0.2, -0.15) is 0 Å². The largest absolute Gasteiger partial charge is 0.507 e. The van der Waals surface area contributed by atoms with Gasteiger partial charge in [0.15, 0.2) is 0 Å². The second kappa shape index (κ2) is 3.93. The fourth-order valence-corrected chi connectivity index (χ4v) is 2.42. The van der Waals surface area contributed by atoms with Crippen LogP contribution in [0.4, 0.5) is 0 Å². The summed E-state index contributed by atoms with van der Waals surface area (Å²) >= 11 is 3.23. The van der Waals surface area contributed by atoms with E-state index in [4.69, 9.17) is 0 Å². The molecule has 11 heavy (non-hydrogen) atoms. The molecule has 60 valence electrons. The van der Waals surface area contributed by atoms with Crippen LogP contribution in [-0.4, -0.2) is 17.6 Å². The van der Waals surface area contributed by atoms with E-state index in [1.54, 1.807) is 29.6 Å². The van der Waals surface area contributed by atoms with Crippen molar-refractivity contribution in [1.82, 2.24) is 0 Å². The first kappa shape index (κ1) is 8.81. The molecule has 0 saturated heterocycles. The van der Waals surface area contributed by atoms with Crippen LogP contribution >= 0.6 is 23.5 Å². The lowest BCUT2D eigenvalue weighted by molar-refractivity contribution is 0.459. The van der Waals surface area contributed by atoms with Gasteiger partial charge in [0, 0.05) is 4.90 Å². The number of rotatable bonds is 2. The molecule has 3 heteroatoms. The highest BCUT2D eigenvalue weighted by molar-refractivity contribution is 8.01. The van der Waals surface area contributed by atoms with E-state index in [0.717, 1.165) is 9.79 Å². The van der Waals surface area contributed by atoms with Gasteiger partial charge in [-0.3, -0.25) is 0 Å². The highest BCUT2D eigenvalue weighted by Gasteiger charge is 2.03. The summed E-state index contributed by atoms with van der Waals surface area (Å²) in [5.74, 6) is 0.379. The summed E-state index contributed by atoms with van der Waals surface area (Å²) in [6.45, 7) is 0. The Labute approximate surface area is 75.2 Å². The molecule has 0 saturated carbocycles. The maximum Gasteiger partial charge on any atom is 0.130 e. The van der Waals surface area contributed by atoms with Crippen LogP contribution in [0.1, 0.15) is 0 Å². The van der Waals surface area contributed by atoms with Gasteiger partial charge in [0.25, 0.3) is 0 Å². The van der Waals surface area contributed by atoms with Crippen LogP contribution in [0.25, 0.3) is 0 Å². The molecule has 1 aromatic carbocycles. The van der Waals surface area contributed by atoms with Crippen molar-refractivity contribution in [2.75, 3.05) is 12.5 Å². The number of phenolic OH excluding ortho intramolecular Hbond substituents is 1. The highest BCUT2D eigenvalue weighted by Crippen LogP contribution is 2.34. The van der Waals surface area contributed by atoms with Gasteiger partial charge in [0.1, 0.15) is 5.75 Å². The number of benzene rings is 1. The van der Waals surface area contributed by atoms with Gasteiger partial charge < -0.3 is 5.11 Å². The van der Waals surface area contributed by atoms with Crippen molar-refractivity contribution in [1.29, 1.82) is 0 Å². The van der Waals surface area contributed by atoms with Crippen LogP contribution < -0.4 is 0 Å². The van der Waals surface area contributed by atoms with Crippen molar-refractivity contribution < 1.29 is 5.11 Å². The van der Waals surface area contributed by atoms with E-state index in [1.165, 1.54) is 0 Å². The predicted octanol–water partition coefficient (Wildman–Crippen LogP) is 2.84. The van der Waals surface area contributed by atoms with E-state index in [0.29, 0.717) is 5.75 Å². The Balaban J connectivity index is 3.13. The first-order valence-corrected chi connectivity index (χ1v) is 5.64. The minimum absolute atomic E-state index is 0.379. The third-order valence-electron chi connectivity index (χ3n) is 1.38. The van der Waals surface area contributed by atoms with Crippen LogP contribution in [0.2, 0.25) is 0 Å². The molecule has 0 aliphatic heterocycles. The van der Waals surface area contributed by atoms with Crippen molar-refractivity contribution in [3.05, 3.63) is 18.2 Å². The van der Waals surface area contributed by atoms with Crippen LogP contribution in [0.3, 0.4) is 0 Å². The molecule has 0 aliphatic rings. The lowest BCUT2D eigenvalue weighted by Gasteiger charge is -2.05. The first-order chi connectivity index (χ1) is 5.29. The average Bonchev–Trinajstić information content (AvgIpc) is 2.04. The lowest BCUT2D eigenvalue weighted by atomic mass is 10.3. The van der Waals surface area contributed by atoms with E-state index >= 15 is 0 Å². The summed E-state index contributed by atoms with van der Waals surface area (Å²) in [6, 6.07) is 5.59. The molecule has 0 heterocycles. The quantitative estimate of drug-likeness (QED) is 0.717. The minimum atomic E-state index is 0.379. The lowest BCUT2D eigenvalue weighted by Crippen LogP contribution is -1.76. The molecular formula is C8H10OS2. The Morgan fingerprint density at radius 3 is 2.36 bits per heavy atom. The fourth-order valence-electron chi connectivity index (χ4n) is 0.870. The Kier molecular flexibility index (Phi) is 3.15. The van der Waals surface area contributed by atoms with E-state index in [1.807, 2.05) is 24.6 Å². The molecule has 1 N–H and O–H groups in total. The summed E-state index contributed by atoms with van der Waals surface area (Å²) in [5, 5.41) is 9.39. The second-order valence-electron chi connectivity index (χ2n) is 2.01. The molecule has 0 atom stereocenters. The SMILES string of the molecule is CSc1cccc(O)c1SC. The van der Waals surface area contributed by atoms with Crippen molar-refractivity contribution in [3.8, 4) is 5.75 Å². The Hall–Kier alpha value is -0.280. The molecule has 0 aromatic heterocycles. The third-order valence-corrected chi connectivity index (χ3v) is 3.13. The fraction of sp³-hybridized carbons (Fsp3) is 0.250. The van der Waals surface area contributed by atoms with Gasteiger partial charge in [-0.1, -0.05) is 6.07 Å². The van der Waals surface area contributed by atoms with Crippen LogP contribution in [0.5, 0.6) is 5.75 Å². The van der Waals surface area contributed by atoms with E-state index < -0.39 is 0 Å². The van der Waals surface area contributed by atoms with Gasteiger partial charge in [-0.25, -0.2) is 0 Å². The van der Waals surface area contributed by atoms with Crippen LogP contribution in [-0.2, 0) is 0 Å². The molecule has 0 aliphatic carbocycles. The number of phenols is 1. The Bertz CT molecular complexity index is 248. The van der Waals surface area contributed by atoms with E-state index in [-0.39, 0.29) is 0 Å². The first-order valence-electron chi connectivity index (χ1n) is 3.19. The van der Waals surface area contributed by atoms with Gasteiger partial charge in [-0.15, -0.1) is 23.5 Å². The summed E-state index contributed by atoms with van der Waals surface area (Å²) < 4.78 is 0. The minimum Gasteiger partial charge on any atom is -0.507 e. The van der Waals surface area contributed by atoms with Crippen LogP contribution in [0.15, 0.2) is 28.0 Å². The van der Waals surface area contributed by atoms with Gasteiger partial charge in [0.05, 0.1) is 4.90 Å². The summed E-state index contributed by atoms with van der Waals surface area (Å²) in [5.41, 5.74) is 0. The maximum atomic E-state index is 9.39. The van der Waals surface area contributed by atoms with Gasteiger partial charge >= 0.3 is 0 Å². The molecule has 0 radical (unpaired) electrons. The Morgan fingerprint density at radius 2 is 1.91 bits per heavy atom. The molecule has 0 unspecified atom stereocenters.